The summed E-state index contributed by atoms with van der Waals surface area (Å²) in [6.07, 6.45) is 2.76. The van der Waals surface area contributed by atoms with Crippen molar-refractivity contribution in [2.45, 2.75) is 19.3 Å². The predicted octanol–water partition coefficient (Wildman–Crippen LogP) is 3.01. The van der Waals surface area contributed by atoms with Gasteiger partial charge in [0.05, 0.1) is 0 Å². The minimum atomic E-state index is 0.399. The molecule has 2 nitrogen and oxygen atoms in total. The van der Waals surface area contributed by atoms with Crippen molar-refractivity contribution < 1.29 is 0 Å². The Kier molecular flexibility index (Phi) is 3.20. The van der Waals surface area contributed by atoms with Crippen molar-refractivity contribution in [3.63, 3.8) is 0 Å². The van der Waals surface area contributed by atoms with Gasteiger partial charge in [0.15, 0.2) is 0 Å². The third-order valence-corrected chi connectivity index (χ3v) is 2.77. The van der Waals surface area contributed by atoms with Crippen LogP contribution in [0.2, 0.25) is 0 Å². The molecule has 0 saturated carbocycles. The lowest BCUT2D eigenvalue weighted by Gasteiger charge is -2.13. The average Bonchev–Trinajstić information content (AvgIpc) is 2.31. The van der Waals surface area contributed by atoms with E-state index in [1.807, 2.05) is 36.5 Å². The molecule has 1 aromatic heterocycles. The number of rotatable bonds is 3. The van der Waals surface area contributed by atoms with Crippen LogP contribution >= 0.6 is 0 Å². The van der Waals surface area contributed by atoms with Crippen LogP contribution < -0.4 is 5.73 Å². The zero-order valence-corrected chi connectivity index (χ0v) is 9.43. The van der Waals surface area contributed by atoms with Crippen LogP contribution in [0.1, 0.15) is 24.1 Å². The molecule has 0 radical (unpaired) electrons. The molecule has 0 bridgehead atoms. The molecular formula is C14H16N2. The first-order chi connectivity index (χ1) is 7.77. The smallest absolute Gasteiger partial charge is 0.0409 e. The van der Waals surface area contributed by atoms with E-state index in [9.17, 15) is 0 Å². The number of nitrogens with zero attached hydrogens (tertiary/aromatic N) is 1. The van der Waals surface area contributed by atoms with Crippen molar-refractivity contribution in [3.8, 4) is 0 Å². The molecule has 0 fully saturated rings. The van der Waals surface area contributed by atoms with Gasteiger partial charge in [-0.05, 0) is 36.1 Å². The zero-order chi connectivity index (χ0) is 11.4. The first-order valence-corrected chi connectivity index (χ1v) is 5.51. The summed E-state index contributed by atoms with van der Waals surface area (Å²) >= 11 is 0. The molecule has 1 atom stereocenters. The Morgan fingerprint density at radius 3 is 2.56 bits per heavy atom. The highest BCUT2D eigenvalue weighted by Gasteiger charge is 2.09. The molecule has 2 N–H and O–H groups in total. The highest BCUT2D eigenvalue weighted by molar-refractivity contribution is 5.48. The zero-order valence-electron chi connectivity index (χ0n) is 9.43. The summed E-state index contributed by atoms with van der Waals surface area (Å²) in [4.78, 5) is 4.33. The number of pyridine rings is 1. The maximum absolute atomic E-state index is 5.95. The largest absolute Gasteiger partial charge is 0.398 e. The molecule has 82 valence electrons. The normalized spacial score (nSPS) is 12.3. The Morgan fingerprint density at radius 2 is 1.88 bits per heavy atom. The molecule has 0 saturated heterocycles. The Morgan fingerprint density at radius 1 is 1.12 bits per heavy atom. The Bertz CT molecular complexity index is 451. The summed E-state index contributed by atoms with van der Waals surface area (Å²) in [5.41, 5.74) is 9.13. The van der Waals surface area contributed by atoms with E-state index >= 15 is 0 Å². The molecule has 2 rings (SSSR count). The molecule has 0 aliphatic rings. The fourth-order valence-corrected chi connectivity index (χ4v) is 1.90. The first kappa shape index (κ1) is 10.7. The van der Waals surface area contributed by atoms with Crippen molar-refractivity contribution in [2.24, 2.45) is 0 Å². The van der Waals surface area contributed by atoms with Crippen molar-refractivity contribution in [1.29, 1.82) is 0 Å². The lowest BCUT2D eigenvalue weighted by atomic mass is 9.94. The lowest BCUT2D eigenvalue weighted by Crippen LogP contribution is -2.03. The fourth-order valence-electron chi connectivity index (χ4n) is 1.90. The fraction of sp³-hybridized carbons (Fsp3) is 0.214. The molecule has 0 amide bonds. The Balaban J connectivity index is 2.15. The predicted molar refractivity (Wildman–Crippen MR) is 67.2 cm³/mol. The standard InChI is InChI=1S/C14H16N2/c1-11(10-12-6-4-5-9-16-12)13-7-2-3-8-14(13)15/h2-9,11H,10,15H2,1H3. The van der Waals surface area contributed by atoms with Crippen LogP contribution in [0.3, 0.4) is 0 Å². The van der Waals surface area contributed by atoms with Crippen LogP contribution in [0.25, 0.3) is 0 Å². The van der Waals surface area contributed by atoms with Gasteiger partial charge in [-0.25, -0.2) is 0 Å². The van der Waals surface area contributed by atoms with Gasteiger partial charge in [0, 0.05) is 17.6 Å². The van der Waals surface area contributed by atoms with Crippen LogP contribution in [0, 0.1) is 0 Å². The maximum Gasteiger partial charge on any atom is 0.0409 e. The second-order valence-corrected chi connectivity index (χ2v) is 4.06. The van der Waals surface area contributed by atoms with Gasteiger partial charge < -0.3 is 5.73 Å². The molecule has 0 aliphatic heterocycles. The maximum atomic E-state index is 5.95. The van der Waals surface area contributed by atoms with Gasteiger partial charge in [0.1, 0.15) is 0 Å². The van der Waals surface area contributed by atoms with Gasteiger partial charge in [0.25, 0.3) is 0 Å². The van der Waals surface area contributed by atoms with E-state index in [1.54, 1.807) is 0 Å². The van der Waals surface area contributed by atoms with Crippen LogP contribution in [-0.2, 0) is 6.42 Å². The summed E-state index contributed by atoms with van der Waals surface area (Å²) in [5.74, 6) is 0.399. The van der Waals surface area contributed by atoms with E-state index in [2.05, 4.69) is 24.0 Å². The number of anilines is 1. The van der Waals surface area contributed by atoms with Crippen molar-refractivity contribution in [1.82, 2.24) is 4.98 Å². The molecular weight excluding hydrogens is 196 g/mol. The molecule has 1 aromatic carbocycles. The summed E-state index contributed by atoms with van der Waals surface area (Å²) in [6, 6.07) is 14.0. The molecule has 0 aliphatic carbocycles. The van der Waals surface area contributed by atoms with Crippen LogP contribution in [0.15, 0.2) is 48.7 Å². The van der Waals surface area contributed by atoms with Crippen molar-refractivity contribution in [2.75, 3.05) is 5.73 Å². The third-order valence-electron chi connectivity index (χ3n) is 2.77. The minimum absolute atomic E-state index is 0.399. The monoisotopic (exact) mass is 212 g/mol. The van der Waals surface area contributed by atoms with Gasteiger partial charge in [-0.15, -0.1) is 0 Å². The number of para-hydroxylation sites is 1. The highest BCUT2D eigenvalue weighted by Crippen LogP contribution is 2.24. The molecule has 0 spiro atoms. The Labute approximate surface area is 96.1 Å². The van der Waals surface area contributed by atoms with E-state index in [4.69, 9.17) is 5.73 Å². The molecule has 2 heteroatoms. The van der Waals surface area contributed by atoms with Gasteiger partial charge >= 0.3 is 0 Å². The molecule has 1 unspecified atom stereocenters. The first-order valence-electron chi connectivity index (χ1n) is 5.51. The number of nitrogens with two attached hydrogens (primary N) is 1. The van der Waals surface area contributed by atoms with E-state index in [0.717, 1.165) is 17.8 Å². The SMILES string of the molecule is CC(Cc1ccccn1)c1ccccc1N. The van der Waals surface area contributed by atoms with E-state index < -0.39 is 0 Å². The highest BCUT2D eigenvalue weighted by atomic mass is 14.7. The lowest BCUT2D eigenvalue weighted by molar-refractivity contribution is 0.743. The second kappa shape index (κ2) is 4.79. The summed E-state index contributed by atoms with van der Waals surface area (Å²) in [5, 5.41) is 0. The summed E-state index contributed by atoms with van der Waals surface area (Å²) in [7, 11) is 0. The molecule has 2 aromatic rings. The second-order valence-electron chi connectivity index (χ2n) is 4.06. The minimum Gasteiger partial charge on any atom is -0.398 e. The molecule has 16 heavy (non-hydrogen) atoms. The topological polar surface area (TPSA) is 38.9 Å². The Hall–Kier alpha value is -1.83. The van der Waals surface area contributed by atoms with E-state index in [-0.39, 0.29) is 0 Å². The van der Waals surface area contributed by atoms with Crippen LogP contribution in [-0.4, -0.2) is 4.98 Å². The van der Waals surface area contributed by atoms with E-state index in [1.165, 1.54) is 5.56 Å². The van der Waals surface area contributed by atoms with Gasteiger partial charge in [-0.2, -0.15) is 0 Å². The number of benzene rings is 1. The van der Waals surface area contributed by atoms with Gasteiger partial charge in [-0.1, -0.05) is 31.2 Å². The molecule has 1 heterocycles. The van der Waals surface area contributed by atoms with E-state index in [0.29, 0.717) is 5.92 Å². The van der Waals surface area contributed by atoms with Crippen molar-refractivity contribution >= 4 is 5.69 Å². The van der Waals surface area contributed by atoms with Gasteiger partial charge in [0.2, 0.25) is 0 Å². The third kappa shape index (κ3) is 2.40. The summed E-state index contributed by atoms with van der Waals surface area (Å²) in [6.45, 7) is 2.18. The quantitative estimate of drug-likeness (QED) is 0.794. The number of nitrogen functional groups attached to an aromatic ring is 1. The van der Waals surface area contributed by atoms with Crippen molar-refractivity contribution in [3.05, 3.63) is 59.9 Å². The summed E-state index contributed by atoms with van der Waals surface area (Å²) < 4.78 is 0. The number of hydrogen-bond donors (Lipinski definition) is 1. The van der Waals surface area contributed by atoms with Crippen LogP contribution in [0.5, 0.6) is 0 Å². The number of aromatic nitrogens is 1. The van der Waals surface area contributed by atoms with Gasteiger partial charge in [-0.3, -0.25) is 4.98 Å². The number of hydrogen-bond acceptors (Lipinski definition) is 2. The van der Waals surface area contributed by atoms with Crippen LogP contribution in [0.4, 0.5) is 5.69 Å². The average molecular weight is 212 g/mol.